The summed E-state index contributed by atoms with van der Waals surface area (Å²) in [7, 11) is 0. The van der Waals surface area contributed by atoms with E-state index in [4.69, 9.17) is 4.52 Å². The van der Waals surface area contributed by atoms with Gasteiger partial charge in [0, 0.05) is 12.3 Å². The van der Waals surface area contributed by atoms with Crippen molar-refractivity contribution in [2.75, 3.05) is 13.1 Å². The van der Waals surface area contributed by atoms with Crippen LogP contribution < -0.4 is 0 Å². The molecular formula is C18H21F2N3O2. The Hall–Kier alpha value is -2.15. The fraction of sp³-hybridized carbons (Fsp3) is 0.500. The molecule has 0 bridgehead atoms. The number of carbonyl (C=O) groups excluding carboxylic acids is 1. The van der Waals surface area contributed by atoms with Crippen molar-refractivity contribution in [1.82, 2.24) is 15.0 Å². The monoisotopic (exact) mass is 349 g/mol. The molecule has 0 aliphatic carbocycles. The lowest BCUT2D eigenvalue weighted by Crippen LogP contribution is -2.38. The number of benzene rings is 1. The van der Waals surface area contributed by atoms with E-state index in [1.807, 2.05) is 13.8 Å². The number of piperidine rings is 1. The molecule has 0 N–H and O–H groups in total. The molecule has 0 amide bonds. The fourth-order valence-electron chi connectivity index (χ4n) is 3.19. The molecule has 1 fully saturated rings. The van der Waals surface area contributed by atoms with Crippen LogP contribution in [0.15, 0.2) is 22.7 Å². The van der Waals surface area contributed by atoms with Gasteiger partial charge in [0.05, 0.1) is 11.6 Å². The molecule has 1 atom stereocenters. The highest BCUT2D eigenvalue weighted by Gasteiger charge is 2.31. The third-order valence-electron chi connectivity index (χ3n) is 4.80. The van der Waals surface area contributed by atoms with Gasteiger partial charge in [0.25, 0.3) is 0 Å². The van der Waals surface area contributed by atoms with Crippen LogP contribution in [0.5, 0.6) is 0 Å². The van der Waals surface area contributed by atoms with E-state index in [9.17, 15) is 13.6 Å². The summed E-state index contributed by atoms with van der Waals surface area (Å²) in [5.41, 5.74) is -0.156. The van der Waals surface area contributed by atoms with Crippen molar-refractivity contribution in [2.24, 2.45) is 5.92 Å². The summed E-state index contributed by atoms with van der Waals surface area (Å²) in [6, 6.07) is 2.97. The maximum atomic E-state index is 13.8. The molecule has 5 nitrogen and oxygen atoms in total. The first kappa shape index (κ1) is 17.7. The zero-order valence-corrected chi connectivity index (χ0v) is 14.3. The molecule has 1 aromatic carbocycles. The molecule has 1 aliphatic heterocycles. The molecule has 1 aromatic heterocycles. The molecule has 25 heavy (non-hydrogen) atoms. The number of hydrogen-bond acceptors (Lipinski definition) is 5. The van der Waals surface area contributed by atoms with Crippen LogP contribution in [0.4, 0.5) is 8.78 Å². The first-order chi connectivity index (χ1) is 12.0. The minimum Gasteiger partial charge on any atom is -0.338 e. The molecule has 134 valence electrons. The number of halogens is 2. The summed E-state index contributed by atoms with van der Waals surface area (Å²) in [4.78, 5) is 19.0. The van der Waals surface area contributed by atoms with Crippen molar-refractivity contribution in [1.29, 1.82) is 0 Å². The predicted molar refractivity (Wildman–Crippen MR) is 87.1 cm³/mol. The van der Waals surface area contributed by atoms with Gasteiger partial charge in [-0.1, -0.05) is 12.1 Å². The number of Topliss-reactive ketones (excluding diaryl/α,β-unsaturated/α-hetero) is 1. The number of likely N-dealkylation sites (tertiary alicyclic amines) is 1. The predicted octanol–water partition coefficient (Wildman–Crippen LogP) is 3.57. The lowest BCUT2D eigenvalue weighted by molar-refractivity contribution is 0.0770. The maximum absolute atomic E-state index is 13.8. The Morgan fingerprint density at radius 3 is 2.72 bits per heavy atom. The summed E-state index contributed by atoms with van der Waals surface area (Å²) >= 11 is 0. The van der Waals surface area contributed by atoms with Crippen molar-refractivity contribution in [3.8, 4) is 0 Å². The molecular weight excluding hydrogens is 328 g/mol. The largest absolute Gasteiger partial charge is 0.338 e. The van der Waals surface area contributed by atoms with E-state index in [1.165, 1.54) is 0 Å². The van der Waals surface area contributed by atoms with Gasteiger partial charge in [-0.2, -0.15) is 4.98 Å². The Morgan fingerprint density at radius 2 is 2.08 bits per heavy atom. The van der Waals surface area contributed by atoms with Gasteiger partial charge in [-0.3, -0.25) is 9.69 Å². The molecule has 0 spiro atoms. The van der Waals surface area contributed by atoms with E-state index in [2.05, 4.69) is 15.0 Å². The molecule has 7 heteroatoms. The van der Waals surface area contributed by atoms with Crippen molar-refractivity contribution < 1.29 is 18.1 Å². The van der Waals surface area contributed by atoms with Crippen LogP contribution in [0, 0.1) is 17.6 Å². The molecule has 1 saturated heterocycles. The summed E-state index contributed by atoms with van der Waals surface area (Å²) in [6.07, 6.45) is 1.90. The van der Waals surface area contributed by atoms with Gasteiger partial charge < -0.3 is 4.52 Å². The van der Waals surface area contributed by atoms with Gasteiger partial charge in [-0.05, 0) is 51.1 Å². The molecule has 0 saturated carbocycles. The quantitative estimate of drug-likeness (QED) is 0.773. The lowest BCUT2D eigenvalue weighted by Gasteiger charge is -2.33. The van der Waals surface area contributed by atoms with Crippen LogP contribution in [0.1, 0.15) is 54.8 Å². The fourth-order valence-corrected chi connectivity index (χ4v) is 3.19. The van der Waals surface area contributed by atoms with E-state index in [-0.39, 0.29) is 23.3 Å². The van der Waals surface area contributed by atoms with Crippen molar-refractivity contribution >= 4 is 5.78 Å². The Kier molecular flexibility index (Phi) is 5.22. The lowest BCUT2D eigenvalue weighted by atomic mass is 9.88. The first-order valence-electron chi connectivity index (χ1n) is 8.55. The third-order valence-corrected chi connectivity index (χ3v) is 4.80. The highest BCUT2D eigenvalue weighted by molar-refractivity contribution is 5.98. The molecule has 2 aromatic rings. The second-order valence-electron chi connectivity index (χ2n) is 6.38. The second kappa shape index (κ2) is 7.39. The second-order valence-corrected chi connectivity index (χ2v) is 6.38. The molecule has 3 rings (SSSR count). The Bertz CT molecular complexity index is 755. The average molecular weight is 349 g/mol. The smallest absolute Gasteiger partial charge is 0.243 e. The van der Waals surface area contributed by atoms with Gasteiger partial charge in [0.1, 0.15) is 11.6 Å². The summed E-state index contributed by atoms with van der Waals surface area (Å²) < 4.78 is 32.4. The molecule has 0 radical (unpaired) electrons. The number of aryl methyl sites for hydroxylation is 1. The number of aromatic nitrogens is 2. The minimum atomic E-state index is -0.667. The number of rotatable bonds is 5. The van der Waals surface area contributed by atoms with E-state index < -0.39 is 11.6 Å². The van der Waals surface area contributed by atoms with Crippen LogP contribution in [-0.2, 0) is 6.42 Å². The molecule has 1 aliphatic rings. The standard InChI is InChI=1S/C18H21F2N3O2/c1-3-16-21-18(25-22-16)11(2)23-8-6-12(7-9-23)17(24)14-10-13(19)4-5-15(14)20/h4-5,10-12H,3,6-9H2,1-2H3. The van der Waals surface area contributed by atoms with Crippen LogP contribution in [0.3, 0.4) is 0 Å². The Morgan fingerprint density at radius 1 is 1.36 bits per heavy atom. The topological polar surface area (TPSA) is 59.2 Å². The molecule has 2 heterocycles. The zero-order valence-electron chi connectivity index (χ0n) is 14.3. The van der Waals surface area contributed by atoms with Crippen LogP contribution in [0.2, 0.25) is 0 Å². The van der Waals surface area contributed by atoms with E-state index in [0.29, 0.717) is 44.1 Å². The van der Waals surface area contributed by atoms with Gasteiger partial charge >= 0.3 is 0 Å². The Labute approximate surface area is 145 Å². The number of hydrogen-bond donors (Lipinski definition) is 0. The van der Waals surface area contributed by atoms with Gasteiger partial charge in [-0.25, -0.2) is 8.78 Å². The van der Waals surface area contributed by atoms with Crippen molar-refractivity contribution in [2.45, 2.75) is 39.2 Å². The van der Waals surface area contributed by atoms with Crippen molar-refractivity contribution in [3.63, 3.8) is 0 Å². The average Bonchev–Trinajstić information content (AvgIpc) is 3.12. The summed E-state index contributed by atoms with van der Waals surface area (Å²) in [6.45, 7) is 5.28. The maximum Gasteiger partial charge on any atom is 0.243 e. The van der Waals surface area contributed by atoms with Crippen LogP contribution in [0.25, 0.3) is 0 Å². The summed E-state index contributed by atoms with van der Waals surface area (Å²) in [5.74, 6) is -0.644. The zero-order chi connectivity index (χ0) is 18.0. The van der Waals surface area contributed by atoms with Crippen molar-refractivity contribution in [3.05, 3.63) is 47.1 Å². The number of carbonyl (C=O) groups is 1. The van der Waals surface area contributed by atoms with Crippen LogP contribution in [-0.4, -0.2) is 33.9 Å². The third kappa shape index (κ3) is 3.76. The van der Waals surface area contributed by atoms with E-state index in [0.717, 1.165) is 18.2 Å². The minimum absolute atomic E-state index is 0.0326. The van der Waals surface area contributed by atoms with E-state index >= 15 is 0 Å². The highest BCUT2D eigenvalue weighted by Crippen LogP contribution is 2.28. The van der Waals surface area contributed by atoms with Crippen LogP contribution >= 0.6 is 0 Å². The highest BCUT2D eigenvalue weighted by atomic mass is 19.1. The molecule has 1 unspecified atom stereocenters. The summed E-state index contributed by atoms with van der Waals surface area (Å²) in [5, 5.41) is 3.91. The SMILES string of the molecule is CCc1noc(C(C)N2CCC(C(=O)c3cc(F)ccc3F)CC2)n1. The van der Waals surface area contributed by atoms with Gasteiger partial charge in [-0.15, -0.1) is 0 Å². The number of ketones is 1. The Balaban J connectivity index is 1.63. The first-order valence-corrected chi connectivity index (χ1v) is 8.55. The van der Waals surface area contributed by atoms with Gasteiger partial charge in [0.15, 0.2) is 11.6 Å². The number of nitrogens with zero attached hydrogens (tertiary/aromatic N) is 3. The van der Waals surface area contributed by atoms with E-state index in [1.54, 1.807) is 0 Å². The van der Waals surface area contributed by atoms with Gasteiger partial charge in [0.2, 0.25) is 5.89 Å². The normalized spacial score (nSPS) is 17.6.